The highest BCUT2D eigenvalue weighted by molar-refractivity contribution is 5.96. The fraction of sp³-hybridized carbons (Fsp3) is 0.593. The summed E-state index contributed by atoms with van der Waals surface area (Å²) in [7, 11) is 0. The van der Waals surface area contributed by atoms with Crippen LogP contribution in [0.1, 0.15) is 69.3 Å². The van der Waals surface area contributed by atoms with Crippen LogP contribution in [0.5, 0.6) is 0 Å². The minimum absolute atomic E-state index is 0.0198. The molecule has 0 spiro atoms. The number of esters is 1. The Kier molecular flexibility index (Phi) is 11.8. The number of aryl methyl sites for hydroxylation is 1. The molecule has 1 aliphatic rings. The smallest absolute Gasteiger partial charge is 0.338 e. The van der Waals surface area contributed by atoms with Crippen LogP contribution in [-0.4, -0.2) is 66.3 Å². The molecular formula is C27H39FN4O6. The molecule has 0 unspecified atom stereocenters. The summed E-state index contributed by atoms with van der Waals surface area (Å²) < 4.78 is 18.5. The van der Waals surface area contributed by atoms with E-state index in [4.69, 9.17) is 4.74 Å². The van der Waals surface area contributed by atoms with E-state index in [0.29, 0.717) is 31.4 Å². The Labute approximate surface area is 223 Å². The molecule has 2 rings (SSSR count). The number of benzene rings is 1. The van der Waals surface area contributed by atoms with Crippen molar-refractivity contribution in [2.75, 3.05) is 19.7 Å². The SMILES string of the molecule is Cc1cc(F)ccc1C(=O)OCC(=O)[C@@H](NC(=O)[C@@H]1CCCNN1C(=O)CCNC(=O)CC(C)C)C(C)C. The van der Waals surface area contributed by atoms with Gasteiger partial charge in [0, 0.05) is 25.9 Å². The average Bonchev–Trinajstić information content (AvgIpc) is 2.84. The second kappa shape index (κ2) is 14.6. The van der Waals surface area contributed by atoms with Gasteiger partial charge in [-0.1, -0.05) is 27.7 Å². The lowest BCUT2D eigenvalue weighted by atomic mass is 9.98. The van der Waals surface area contributed by atoms with Gasteiger partial charge < -0.3 is 15.4 Å². The molecule has 1 aromatic carbocycles. The molecule has 1 saturated heterocycles. The van der Waals surface area contributed by atoms with Gasteiger partial charge in [-0.3, -0.25) is 24.2 Å². The largest absolute Gasteiger partial charge is 0.454 e. The predicted molar refractivity (Wildman–Crippen MR) is 138 cm³/mol. The summed E-state index contributed by atoms with van der Waals surface area (Å²) in [5.41, 5.74) is 3.47. The van der Waals surface area contributed by atoms with Crippen molar-refractivity contribution in [1.29, 1.82) is 0 Å². The van der Waals surface area contributed by atoms with Gasteiger partial charge in [0.05, 0.1) is 11.6 Å². The second-order valence-corrected chi connectivity index (χ2v) is 10.3. The van der Waals surface area contributed by atoms with Crippen molar-refractivity contribution in [1.82, 2.24) is 21.1 Å². The Morgan fingerprint density at radius 1 is 1.16 bits per heavy atom. The number of ketones is 1. The standard InChI is InChI=1S/C27H39FN4O6/c1-16(2)13-23(34)29-12-10-24(35)32-21(7-6-11-30-32)26(36)31-25(17(3)4)22(33)15-38-27(37)20-9-8-19(28)14-18(20)5/h8-9,14,16-17,21,25,30H,6-7,10-13,15H2,1-5H3,(H,29,34)(H,31,36)/t21-,25-/m0/s1. The van der Waals surface area contributed by atoms with Gasteiger partial charge in [0.1, 0.15) is 11.9 Å². The molecule has 3 N–H and O–H groups in total. The van der Waals surface area contributed by atoms with Crippen LogP contribution >= 0.6 is 0 Å². The summed E-state index contributed by atoms with van der Waals surface area (Å²) in [6, 6.07) is 1.84. The molecule has 2 atom stereocenters. The normalized spacial score (nSPS) is 16.2. The Hall–Kier alpha value is -3.34. The highest BCUT2D eigenvalue weighted by Crippen LogP contribution is 2.15. The van der Waals surface area contributed by atoms with Crippen molar-refractivity contribution in [3.05, 3.63) is 35.1 Å². The molecule has 10 nitrogen and oxygen atoms in total. The Bertz CT molecular complexity index is 1030. The topological polar surface area (TPSA) is 134 Å². The van der Waals surface area contributed by atoms with Crippen LogP contribution in [0, 0.1) is 24.6 Å². The quantitative estimate of drug-likeness (QED) is 0.350. The third kappa shape index (κ3) is 9.20. The number of carbonyl (C=O) groups excluding carboxylic acids is 5. The molecule has 1 heterocycles. The third-order valence-corrected chi connectivity index (χ3v) is 6.14. The molecule has 0 bridgehead atoms. The highest BCUT2D eigenvalue weighted by atomic mass is 19.1. The van der Waals surface area contributed by atoms with Crippen molar-refractivity contribution < 1.29 is 33.1 Å². The summed E-state index contributed by atoms with van der Waals surface area (Å²) >= 11 is 0. The van der Waals surface area contributed by atoms with Crippen LogP contribution < -0.4 is 16.1 Å². The minimum Gasteiger partial charge on any atom is -0.454 e. The van der Waals surface area contributed by atoms with Gasteiger partial charge in [-0.2, -0.15) is 0 Å². The number of amides is 3. The fourth-order valence-corrected chi connectivity index (χ4v) is 4.15. The lowest BCUT2D eigenvalue weighted by molar-refractivity contribution is -0.147. The fourth-order valence-electron chi connectivity index (χ4n) is 4.15. The third-order valence-electron chi connectivity index (χ3n) is 6.14. The number of rotatable bonds is 12. The predicted octanol–water partition coefficient (Wildman–Crippen LogP) is 2.05. The Morgan fingerprint density at radius 3 is 2.50 bits per heavy atom. The van der Waals surface area contributed by atoms with Gasteiger partial charge in [0.25, 0.3) is 0 Å². The van der Waals surface area contributed by atoms with Crippen LogP contribution in [-0.2, 0) is 23.9 Å². The van der Waals surface area contributed by atoms with Crippen molar-refractivity contribution in [3.8, 4) is 0 Å². The molecule has 1 aromatic rings. The molecule has 38 heavy (non-hydrogen) atoms. The van der Waals surface area contributed by atoms with E-state index in [1.807, 2.05) is 13.8 Å². The van der Waals surface area contributed by atoms with Crippen molar-refractivity contribution in [2.24, 2.45) is 11.8 Å². The Balaban J connectivity index is 1.97. The number of hydrogen-bond donors (Lipinski definition) is 3. The maximum atomic E-state index is 13.3. The first-order valence-corrected chi connectivity index (χ1v) is 13.0. The first-order chi connectivity index (χ1) is 17.9. The summed E-state index contributed by atoms with van der Waals surface area (Å²) in [5.74, 6) is -2.84. The molecule has 0 aliphatic carbocycles. The molecule has 1 aliphatic heterocycles. The number of ether oxygens (including phenoxy) is 1. The highest BCUT2D eigenvalue weighted by Gasteiger charge is 2.35. The first kappa shape index (κ1) is 30.9. The molecule has 3 amide bonds. The maximum absolute atomic E-state index is 13.3. The molecule has 210 valence electrons. The van der Waals surface area contributed by atoms with Crippen LogP contribution in [0.3, 0.4) is 0 Å². The van der Waals surface area contributed by atoms with Crippen LogP contribution in [0.4, 0.5) is 4.39 Å². The van der Waals surface area contributed by atoms with Crippen molar-refractivity contribution >= 4 is 29.5 Å². The number of hydrazine groups is 1. The van der Waals surface area contributed by atoms with E-state index >= 15 is 0 Å². The number of hydrogen-bond acceptors (Lipinski definition) is 7. The van der Waals surface area contributed by atoms with Gasteiger partial charge in [0.2, 0.25) is 17.7 Å². The van der Waals surface area contributed by atoms with E-state index in [1.54, 1.807) is 20.8 Å². The lowest BCUT2D eigenvalue weighted by Crippen LogP contribution is -2.61. The monoisotopic (exact) mass is 534 g/mol. The lowest BCUT2D eigenvalue weighted by Gasteiger charge is -2.36. The van der Waals surface area contributed by atoms with Gasteiger partial charge in [-0.25, -0.2) is 14.6 Å². The van der Waals surface area contributed by atoms with E-state index in [2.05, 4.69) is 16.1 Å². The van der Waals surface area contributed by atoms with E-state index < -0.39 is 42.2 Å². The zero-order valence-corrected chi connectivity index (χ0v) is 22.8. The summed E-state index contributed by atoms with van der Waals surface area (Å²) in [6.45, 7) is 9.01. The van der Waals surface area contributed by atoms with E-state index in [9.17, 15) is 28.4 Å². The number of nitrogens with one attached hydrogen (secondary N) is 3. The van der Waals surface area contributed by atoms with E-state index in [-0.39, 0.29) is 42.2 Å². The van der Waals surface area contributed by atoms with Crippen LogP contribution in [0.2, 0.25) is 0 Å². The van der Waals surface area contributed by atoms with Gasteiger partial charge >= 0.3 is 5.97 Å². The summed E-state index contributed by atoms with van der Waals surface area (Å²) in [4.78, 5) is 63.1. The number of nitrogens with zero attached hydrogens (tertiary/aromatic N) is 1. The molecule has 1 fully saturated rings. The van der Waals surface area contributed by atoms with Gasteiger partial charge in [-0.05, 0) is 55.4 Å². The van der Waals surface area contributed by atoms with E-state index in [1.165, 1.54) is 17.1 Å². The maximum Gasteiger partial charge on any atom is 0.338 e. The van der Waals surface area contributed by atoms with Crippen LogP contribution in [0.25, 0.3) is 0 Å². The Morgan fingerprint density at radius 2 is 1.87 bits per heavy atom. The van der Waals surface area contributed by atoms with Gasteiger partial charge in [-0.15, -0.1) is 0 Å². The molecule has 0 aromatic heterocycles. The minimum atomic E-state index is -0.946. The van der Waals surface area contributed by atoms with E-state index in [0.717, 1.165) is 6.07 Å². The van der Waals surface area contributed by atoms with Crippen LogP contribution in [0.15, 0.2) is 18.2 Å². The van der Waals surface area contributed by atoms with Gasteiger partial charge in [0.15, 0.2) is 12.4 Å². The van der Waals surface area contributed by atoms with Crippen molar-refractivity contribution in [2.45, 2.75) is 72.4 Å². The number of halogens is 1. The first-order valence-electron chi connectivity index (χ1n) is 13.0. The molecular weight excluding hydrogens is 495 g/mol. The summed E-state index contributed by atoms with van der Waals surface area (Å²) in [6.07, 6.45) is 1.45. The summed E-state index contributed by atoms with van der Waals surface area (Å²) in [5, 5.41) is 6.70. The molecule has 0 saturated carbocycles. The second-order valence-electron chi connectivity index (χ2n) is 10.3. The molecule has 0 radical (unpaired) electrons. The molecule has 11 heteroatoms. The zero-order valence-electron chi connectivity index (χ0n) is 22.8. The number of carbonyl (C=O) groups is 5. The average molecular weight is 535 g/mol. The zero-order chi connectivity index (χ0) is 28.4. The van der Waals surface area contributed by atoms with Crippen molar-refractivity contribution in [3.63, 3.8) is 0 Å². The number of Topliss-reactive ketones (excluding diaryl/α,β-unsaturated/α-hetero) is 1.